The van der Waals surface area contributed by atoms with Crippen molar-refractivity contribution in [3.63, 3.8) is 0 Å². The topological polar surface area (TPSA) is 43.8 Å². The van der Waals surface area contributed by atoms with Gasteiger partial charge in [-0.15, -0.1) is 0 Å². The summed E-state index contributed by atoms with van der Waals surface area (Å²) in [6.45, 7) is 4.07. The fourth-order valence-corrected chi connectivity index (χ4v) is 2.18. The van der Waals surface area contributed by atoms with Gasteiger partial charge in [-0.05, 0) is 41.9 Å². The lowest BCUT2D eigenvalue weighted by Gasteiger charge is -2.18. The van der Waals surface area contributed by atoms with Gasteiger partial charge >= 0.3 is 0 Å². The van der Waals surface area contributed by atoms with E-state index in [1.807, 2.05) is 20.0 Å². The Kier molecular flexibility index (Phi) is 2.80. The van der Waals surface area contributed by atoms with E-state index in [1.54, 1.807) is 0 Å². The van der Waals surface area contributed by atoms with Crippen LogP contribution in [0.3, 0.4) is 0 Å². The van der Waals surface area contributed by atoms with Gasteiger partial charge in [-0.2, -0.15) is 0 Å². The number of hydrogen-bond acceptors (Lipinski definition) is 2. The van der Waals surface area contributed by atoms with Crippen molar-refractivity contribution in [1.29, 1.82) is 0 Å². The van der Waals surface area contributed by atoms with Crippen LogP contribution in [-0.4, -0.2) is 15.1 Å². The Bertz CT molecular complexity index is 523. The Morgan fingerprint density at radius 2 is 2.12 bits per heavy atom. The number of hydrogen-bond donors (Lipinski definition) is 1. The van der Waals surface area contributed by atoms with E-state index in [4.69, 9.17) is 5.73 Å². The van der Waals surface area contributed by atoms with Gasteiger partial charge in [0.15, 0.2) is 0 Å². The summed E-state index contributed by atoms with van der Waals surface area (Å²) in [6.07, 6.45) is 2.66. The summed E-state index contributed by atoms with van der Waals surface area (Å²) in [7, 11) is 2.05. The molecule has 0 saturated heterocycles. The van der Waals surface area contributed by atoms with Gasteiger partial charge in [0.25, 0.3) is 0 Å². The molecule has 0 aliphatic heterocycles. The van der Waals surface area contributed by atoms with Crippen LogP contribution in [0.5, 0.6) is 0 Å². The highest BCUT2D eigenvalue weighted by Gasteiger charge is 2.15. The third-order valence-electron chi connectivity index (χ3n) is 2.60. The Morgan fingerprint density at radius 3 is 2.75 bits per heavy atom. The first kappa shape index (κ1) is 11.6. The number of pyridine rings is 1. The molecule has 0 unspecified atom stereocenters. The van der Waals surface area contributed by atoms with E-state index in [-0.39, 0.29) is 5.54 Å². The van der Waals surface area contributed by atoms with Crippen molar-refractivity contribution in [3.05, 3.63) is 28.5 Å². The van der Waals surface area contributed by atoms with Gasteiger partial charge in [0.05, 0.1) is 11.0 Å². The molecule has 0 fully saturated rings. The number of fused-ring (bicyclic) bond motifs is 1. The van der Waals surface area contributed by atoms with Crippen LogP contribution in [0, 0.1) is 0 Å². The van der Waals surface area contributed by atoms with Gasteiger partial charge in [0.1, 0.15) is 0 Å². The first-order chi connectivity index (χ1) is 7.37. The molecular formula is C12H16BrN3. The predicted molar refractivity (Wildman–Crippen MR) is 70.4 cm³/mol. The number of halogens is 1. The summed E-state index contributed by atoms with van der Waals surface area (Å²) < 4.78 is 3.15. The first-order valence-corrected chi connectivity index (χ1v) is 6.05. The first-order valence-electron chi connectivity index (χ1n) is 5.25. The normalized spacial score (nSPS) is 12.3. The van der Waals surface area contributed by atoms with Crippen LogP contribution >= 0.6 is 15.9 Å². The van der Waals surface area contributed by atoms with E-state index in [1.165, 1.54) is 5.69 Å². The van der Waals surface area contributed by atoms with Gasteiger partial charge in [0, 0.05) is 35.4 Å². The van der Waals surface area contributed by atoms with Crippen molar-refractivity contribution in [2.75, 3.05) is 0 Å². The van der Waals surface area contributed by atoms with Crippen molar-refractivity contribution in [1.82, 2.24) is 9.55 Å². The molecule has 0 saturated carbocycles. The molecule has 3 nitrogen and oxygen atoms in total. The molecular weight excluding hydrogens is 266 g/mol. The van der Waals surface area contributed by atoms with Crippen LogP contribution in [0.15, 0.2) is 22.8 Å². The molecule has 86 valence electrons. The predicted octanol–water partition coefficient (Wildman–Crippen LogP) is 2.62. The second-order valence-corrected chi connectivity index (χ2v) is 5.83. The minimum absolute atomic E-state index is 0.195. The van der Waals surface area contributed by atoms with Gasteiger partial charge in [0.2, 0.25) is 0 Å². The molecule has 2 rings (SSSR count). The van der Waals surface area contributed by atoms with E-state index >= 15 is 0 Å². The molecule has 0 radical (unpaired) electrons. The lowest BCUT2D eigenvalue weighted by Crippen LogP contribution is -2.35. The number of rotatable bonds is 2. The molecule has 0 bridgehead atoms. The Labute approximate surface area is 104 Å². The van der Waals surface area contributed by atoms with Crippen molar-refractivity contribution in [3.8, 4) is 0 Å². The molecule has 16 heavy (non-hydrogen) atoms. The molecule has 0 aliphatic carbocycles. The number of nitrogens with zero attached hydrogens (tertiary/aromatic N) is 2. The monoisotopic (exact) mass is 281 g/mol. The molecule has 0 aliphatic rings. The van der Waals surface area contributed by atoms with E-state index in [0.717, 1.165) is 21.9 Å². The maximum atomic E-state index is 6.05. The standard InChI is InChI=1S/C12H16BrN3/c1-12(2,14)6-9-5-10-11(16(9)3)4-8(13)7-15-10/h4-5,7H,6,14H2,1-3H3. The highest BCUT2D eigenvalue weighted by molar-refractivity contribution is 9.10. The molecule has 0 aromatic carbocycles. The van der Waals surface area contributed by atoms with Crippen LogP contribution < -0.4 is 5.73 Å². The average Bonchev–Trinajstić information content (AvgIpc) is 2.42. The number of aromatic nitrogens is 2. The second-order valence-electron chi connectivity index (χ2n) is 4.92. The summed E-state index contributed by atoms with van der Waals surface area (Å²) >= 11 is 3.44. The Balaban J connectivity index is 2.52. The quantitative estimate of drug-likeness (QED) is 0.920. The van der Waals surface area contributed by atoms with Crippen LogP contribution in [-0.2, 0) is 13.5 Å². The molecule has 2 aromatic rings. The van der Waals surface area contributed by atoms with Gasteiger partial charge < -0.3 is 10.3 Å². The Hall–Kier alpha value is -0.870. The molecule has 0 amide bonds. The molecule has 2 heterocycles. The Morgan fingerprint density at radius 1 is 1.44 bits per heavy atom. The van der Waals surface area contributed by atoms with Crippen LogP contribution in [0.4, 0.5) is 0 Å². The minimum Gasteiger partial charge on any atom is -0.346 e. The largest absolute Gasteiger partial charge is 0.346 e. The summed E-state index contributed by atoms with van der Waals surface area (Å²) in [4.78, 5) is 4.38. The van der Waals surface area contributed by atoms with Gasteiger partial charge in [-0.3, -0.25) is 4.98 Å². The number of aryl methyl sites for hydroxylation is 1. The maximum Gasteiger partial charge on any atom is 0.0884 e. The van der Waals surface area contributed by atoms with E-state index in [2.05, 4.69) is 44.7 Å². The van der Waals surface area contributed by atoms with Crippen molar-refractivity contribution in [2.24, 2.45) is 12.8 Å². The van der Waals surface area contributed by atoms with E-state index in [9.17, 15) is 0 Å². The molecule has 4 heteroatoms. The van der Waals surface area contributed by atoms with Crippen LogP contribution in [0.1, 0.15) is 19.5 Å². The van der Waals surface area contributed by atoms with E-state index in [0.29, 0.717) is 0 Å². The smallest absolute Gasteiger partial charge is 0.0884 e. The summed E-state index contributed by atoms with van der Waals surface area (Å²) in [5.74, 6) is 0. The summed E-state index contributed by atoms with van der Waals surface area (Å²) in [6, 6.07) is 4.19. The van der Waals surface area contributed by atoms with Crippen molar-refractivity contribution >= 4 is 27.0 Å². The third-order valence-corrected chi connectivity index (χ3v) is 3.03. The second kappa shape index (κ2) is 3.86. The fraction of sp³-hybridized carbons (Fsp3) is 0.417. The van der Waals surface area contributed by atoms with E-state index < -0.39 is 0 Å². The van der Waals surface area contributed by atoms with Crippen molar-refractivity contribution in [2.45, 2.75) is 25.8 Å². The summed E-state index contributed by atoms with van der Waals surface area (Å²) in [5.41, 5.74) is 9.22. The maximum absolute atomic E-state index is 6.05. The van der Waals surface area contributed by atoms with Gasteiger partial charge in [-0.25, -0.2) is 0 Å². The fourth-order valence-electron chi connectivity index (χ4n) is 1.86. The third kappa shape index (κ3) is 2.28. The average molecular weight is 282 g/mol. The molecule has 2 aromatic heterocycles. The SMILES string of the molecule is Cn1c(CC(C)(C)N)cc2ncc(Br)cc21. The minimum atomic E-state index is -0.195. The summed E-state index contributed by atoms with van der Waals surface area (Å²) in [5, 5.41) is 0. The highest BCUT2D eigenvalue weighted by atomic mass is 79.9. The highest BCUT2D eigenvalue weighted by Crippen LogP contribution is 2.22. The van der Waals surface area contributed by atoms with Crippen LogP contribution in [0.2, 0.25) is 0 Å². The lowest BCUT2D eigenvalue weighted by atomic mass is 10.0. The molecule has 0 spiro atoms. The zero-order chi connectivity index (χ0) is 11.9. The zero-order valence-corrected chi connectivity index (χ0v) is 11.4. The number of nitrogens with two attached hydrogens (primary N) is 1. The van der Waals surface area contributed by atoms with Crippen LogP contribution in [0.25, 0.3) is 11.0 Å². The zero-order valence-electron chi connectivity index (χ0n) is 9.79. The molecule has 0 atom stereocenters. The van der Waals surface area contributed by atoms with Crippen molar-refractivity contribution < 1.29 is 0 Å². The lowest BCUT2D eigenvalue weighted by molar-refractivity contribution is 0.503. The van der Waals surface area contributed by atoms with Gasteiger partial charge in [-0.1, -0.05) is 0 Å². The molecule has 2 N–H and O–H groups in total.